The predicted octanol–water partition coefficient (Wildman–Crippen LogP) is 4.93. The second-order valence-corrected chi connectivity index (χ2v) is 8.99. The number of carboxylic acids is 1. The van der Waals surface area contributed by atoms with E-state index in [0.29, 0.717) is 19.4 Å². The minimum atomic E-state index is -5.75. The summed E-state index contributed by atoms with van der Waals surface area (Å²) >= 11 is 0. The highest BCUT2D eigenvalue weighted by molar-refractivity contribution is 5.93. The number of benzene rings is 1. The van der Waals surface area contributed by atoms with Gasteiger partial charge in [-0.2, -0.15) is 26.3 Å². The number of carboxylic acid groups (broad SMARTS) is 1. The van der Waals surface area contributed by atoms with E-state index in [1.165, 1.54) is 6.07 Å². The van der Waals surface area contributed by atoms with Crippen molar-refractivity contribution in [2.75, 3.05) is 19.6 Å². The SMILES string of the molecule is O=C(O)c1ccc2[nH]c(CN3CCCC34CCN(C(=O)OC(C(F)(F)F)C(F)(F)F)CC4)cc2c1. The smallest absolute Gasteiger partial charge is 0.434 e. The third-order valence-corrected chi connectivity index (χ3v) is 6.79. The summed E-state index contributed by atoms with van der Waals surface area (Å²) in [6, 6.07) is 6.60. The minimum Gasteiger partial charge on any atom is -0.478 e. The normalized spacial score (nSPS) is 19.1. The van der Waals surface area contributed by atoms with Gasteiger partial charge in [0.1, 0.15) is 0 Å². The lowest BCUT2D eigenvalue weighted by Gasteiger charge is -2.44. The molecule has 1 aromatic heterocycles. The van der Waals surface area contributed by atoms with Gasteiger partial charge in [-0.3, -0.25) is 4.90 Å². The van der Waals surface area contributed by atoms with Crippen LogP contribution in [0.3, 0.4) is 0 Å². The molecule has 7 nitrogen and oxygen atoms in total. The number of fused-ring (bicyclic) bond motifs is 1. The van der Waals surface area contributed by atoms with Gasteiger partial charge in [0.15, 0.2) is 0 Å². The van der Waals surface area contributed by atoms with E-state index in [1.54, 1.807) is 12.1 Å². The molecule has 1 aromatic carbocycles. The number of carbonyl (C=O) groups is 2. The summed E-state index contributed by atoms with van der Waals surface area (Å²) in [4.78, 5) is 29.6. The molecule has 0 saturated carbocycles. The first kappa shape index (κ1) is 25.1. The van der Waals surface area contributed by atoms with Crippen molar-refractivity contribution >= 4 is 23.0 Å². The number of amides is 1. The fourth-order valence-corrected chi connectivity index (χ4v) is 5.02. The third kappa shape index (κ3) is 5.19. The molecular formula is C22H23F6N3O4. The number of hydrogen-bond donors (Lipinski definition) is 2. The van der Waals surface area contributed by atoms with Crippen LogP contribution in [-0.2, 0) is 11.3 Å². The minimum absolute atomic E-state index is 0.0214. The summed E-state index contributed by atoms with van der Waals surface area (Å²) in [6.45, 7) is 1.20. The highest BCUT2D eigenvalue weighted by Gasteiger charge is 2.60. The Morgan fingerprint density at radius 1 is 1.03 bits per heavy atom. The monoisotopic (exact) mass is 507 g/mol. The average Bonchev–Trinajstić information content (AvgIpc) is 3.34. The number of halogens is 6. The number of ether oxygens (including phenoxy) is 1. The first-order valence-electron chi connectivity index (χ1n) is 11.0. The first-order chi connectivity index (χ1) is 16.3. The number of carbonyl (C=O) groups excluding carboxylic acids is 1. The second kappa shape index (κ2) is 8.92. The molecule has 3 heterocycles. The van der Waals surface area contributed by atoms with E-state index in [-0.39, 0.29) is 24.2 Å². The quantitative estimate of drug-likeness (QED) is 0.574. The number of piperidine rings is 1. The summed E-state index contributed by atoms with van der Waals surface area (Å²) < 4.78 is 80.2. The molecular weight excluding hydrogens is 484 g/mol. The Morgan fingerprint density at radius 2 is 1.69 bits per heavy atom. The van der Waals surface area contributed by atoms with Gasteiger partial charge < -0.3 is 19.7 Å². The van der Waals surface area contributed by atoms with Crippen LogP contribution >= 0.6 is 0 Å². The molecule has 1 spiro atoms. The summed E-state index contributed by atoms with van der Waals surface area (Å²) in [5, 5.41) is 9.91. The Hall–Kier alpha value is -2.96. The molecule has 2 aromatic rings. The number of aromatic carboxylic acids is 1. The lowest BCUT2D eigenvalue weighted by Crippen LogP contribution is -2.54. The molecule has 1 amide bonds. The molecule has 0 atom stereocenters. The van der Waals surface area contributed by atoms with Gasteiger partial charge in [-0.1, -0.05) is 0 Å². The number of hydrogen-bond acceptors (Lipinski definition) is 4. The van der Waals surface area contributed by atoms with Gasteiger partial charge in [-0.25, -0.2) is 9.59 Å². The van der Waals surface area contributed by atoms with Crippen LogP contribution in [0.5, 0.6) is 0 Å². The fourth-order valence-electron chi connectivity index (χ4n) is 5.02. The largest absolute Gasteiger partial charge is 0.478 e. The van der Waals surface area contributed by atoms with Gasteiger partial charge >= 0.3 is 24.4 Å². The molecule has 13 heteroatoms. The van der Waals surface area contributed by atoms with E-state index < -0.39 is 30.5 Å². The molecule has 192 valence electrons. The van der Waals surface area contributed by atoms with Crippen LogP contribution in [0.15, 0.2) is 24.3 Å². The zero-order chi connectivity index (χ0) is 25.6. The maximum Gasteiger partial charge on any atom is 0.434 e. The zero-order valence-electron chi connectivity index (χ0n) is 18.4. The van der Waals surface area contributed by atoms with Crippen molar-refractivity contribution in [2.45, 2.75) is 56.2 Å². The molecule has 2 N–H and O–H groups in total. The van der Waals surface area contributed by atoms with E-state index in [0.717, 1.165) is 40.9 Å². The Labute approximate surface area is 195 Å². The highest BCUT2D eigenvalue weighted by Crippen LogP contribution is 2.41. The van der Waals surface area contributed by atoms with Crippen LogP contribution in [0.25, 0.3) is 10.9 Å². The summed E-state index contributed by atoms with van der Waals surface area (Å²) in [6.07, 6.45) is -14.9. The number of aromatic nitrogens is 1. The summed E-state index contributed by atoms with van der Waals surface area (Å²) in [5.41, 5.74) is 1.45. The van der Waals surface area contributed by atoms with Crippen LogP contribution in [-0.4, -0.2) is 75.6 Å². The van der Waals surface area contributed by atoms with Crippen LogP contribution in [0.2, 0.25) is 0 Å². The van der Waals surface area contributed by atoms with Crippen molar-refractivity contribution in [1.82, 2.24) is 14.8 Å². The standard InChI is InChI=1S/C22H23F6N3O4/c23-21(24,25)18(22(26,27)28)35-19(34)30-8-5-20(6-9-30)4-1-7-31(20)12-15-11-14-10-13(17(32)33)2-3-16(14)29-15/h2-3,10-11,18,29H,1,4-9,12H2,(H,32,33). The number of likely N-dealkylation sites (tertiary alicyclic amines) is 2. The van der Waals surface area contributed by atoms with Crippen LogP contribution in [0, 0.1) is 0 Å². The lowest BCUT2D eigenvalue weighted by molar-refractivity contribution is -0.308. The molecule has 4 rings (SSSR count). The van der Waals surface area contributed by atoms with Crippen molar-refractivity contribution in [3.05, 3.63) is 35.5 Å². The van der Waals surface area contributed by atoms with Crippen LogP contribution in [0.1, 0.15) is 41.7 Å². The third-order valence-electron chi connectivity index (χ3n) is 6.79. The molecule has 2 aliphatic rings. The van der Waals surface area contributed by atoms with Crippen LogP contribution in [0.4, 0.5) is 31.1 Å². The van der Waals surface area contributed by atoms with E-state index >= 15 is 0 Å². The molecule has 0 aliphatic carbocycles. The molecule has 0 radical (unpaired) electrons. The van der Waals surface area contributed by atoms with Gasteiger partial charge in [0.05, 0.1) is 5.56 Å². The molecule has 2 fully saturated rings. The lowest BCUT2D eigenvalue weighted by atomic mass is 9.85. The number of aromatic amines is 1. The topological polar surface area (TPSA) is 85.9 Å². The van der Waals surface area contributed by atoms with Crippen molar-refractivity contribution in [1.29, 1.82) is 0 Å². The van der Waals surface area contributed by atoms with Gasteiger partial charge in [-0.15, -0.1) is 0 Å². The number of rotatable bonds is 4. The first-order valence-corrected chi connectivity index (χ1v) is 11.0. The molecule has 2 aliphatic heterocycles. The van der Waals surface area contributed by atoms with E-state index in [4.69, 9.17) is 5.11 Å². The molecule has 0 unspecified atom stereocenters. The van der Waals surface area contributed by atoms with Crippen molar-refractivity contribution in [3.8, 4) is 0 Å². The molecule has 2 saturated heterocycles. The average molecular weight is 507 g/mol. The van der Waals surface area contributed by atoms with Gasteiger partial charge in [0, 0.05) is 41.8 Å². The van der Waals surface area contributed by atoms with E-state index in [9.17, 15) is 35.9 Å². The second-order valence-electron chi connectivity index (χ2n) is 8.99. The summed E-state index contributed by atoms with van der Waals surface area (Å²) in [7, 11) is 0. The van der Waals surface area contributed by atoms with Crippen LogP contribution < -0.4 is 0 Å². The Morgan fingerprint density at radius 3 is 2.29 bits per heavy atom. The van der Waals surface area contributed by atoms with E-state index in [1.807, 2.05) is 6.07 Å². The maximum absolute atomic E-state index is 12.7. The van der Waals surface area contributed by atoms with Crippen molar-refractivity contribution in [2.24, 2.45) is 0 Å². The Bertz CT molecular complexity index is 1090. The highest BCUT2D eigenvalue weighted by atomic mass is 19.4. The maximum atomic E-state index is 12.7. The zero-order valence-corrected chi connectivity index (χ0v) is 18.4. The Balaban J connectivity index is 1.41. The van der Waals surface area contributed by atoms with Gasteiger partial charge in [0.2, 0.25) is 0 Å². The molecule has 0 bridgehead atoms. The number of H-pyrrole nitrogens is 1. The predicted molar refractivity (Wildman–Crippen MR) is 111 cm³/mol. The molecule has 35 heavy (non-hydrogen) atoms. The van der Waals surface area contributed by atoms with Crippen molar-refractivity contribution in [3.63, 3.8) is 0 Å². The number of nitrogens with zero attached hydrogens (tertiary/aromatic N) is 2. The number of nitrogens with one attached hydrogen (secondary N) is 1. The van der Waals surface area contributed by atoms with Gasteiger partial charge in [-0.05, 0) is 56.5 Å². The fraction of sp³-hybridized carbons (Fsp3) is 0.545. The van der Waals surface area contributed by atoms with Crippen molar-refractivity contribution < 1.29 is 45.8 Å². The van der Waals surface area contributed by atoms with Gasteiger partial charge in [0.25, 0.3) is 6.10 Å². The summed E-state index contributed by atoms with van der Waals surface area (Å²) in [5.74, 6) is -1.03. The number of alkyl halides is 6. The van der Waals surface area contributed by atoms with E-state index in [2.05, 4.69) is 14.6 Å². The Kier molecular flexibility index (Phi) is 6.41.